The molecule has 1 aliphatic carbocycles. The molecule has 2 atom stereocenters. The van der Waals surface area contributed by atoms with Crippen LogP contribution in [0.3, 0.4) is 0 Å². The summed E-state index contributed by atoms with van der Waals surface area (Å²) in [6.45, 7) is 0. The van der Waals surface area contributed by atoms with E-state index in [1.807, 2.05) is 0 Å². The molecule has 1 aliphatic rings. The van der Waals surface area contributed by atoms with E-state index in [0.717, 1.165) is 43.3 Å². The predicted octanol–water partition coefficient (Wildman–Crippen LogP) is 2.89. The van der Waals surface area contributed by atoms with E-state index in [2.05, 4.69) is 9.97 Å². The number of rotatable bonds is 2. The molecule has 3 nitrogen and oxygen atoms in total. The minimum Gasteiger partial charge on any atom is -0.392 e. The summed E-state index contributed by atoms with van der Waals surface area (Å²) in [6, 6.07) is 0.849. The summed E-state index contributed by atoms with van der Waals surface area (Å²) in [7, 11) is 0. The Hall–Kier alpha value is -0.820. The van der Waals surface area contributed by atoms with Crippen molar-refractivity contribution in [2.24, 2.45) is 0 Å². The molecule has 1 heterocycles. The molecule has 100 valence electrons. The Kier molecular flexibility index (Phi) is 4.11. The molecule has 7 heteroatoms. The van der Waals surface area contributed by atoms with Crippen molar-refractivity contribution in [3.8, 4) is 0 Å². The number of aliphatic hydroxyl groups is 1. The molecular formula is C11H13F3N2OS. The molecule has 18 heavy (non-hydrogen) atoms. The van der Waals surface area contributed by atoms with Crippen molar-refractivity contribution in [2.75, 3.05) is 0 Å². The van der Waals surface area contributed by atoms with Crippen LogP contribution in [0.15, 0.2) is 17.4 Å². The van der Waals surface area contributed by atoms with Gasteiger partial charge in [-0.15, -0.1) is 0 Å². The van der Waals surface area contributed by atoms with Crippen LogP contribution in [0, 0.1) is 0 Å². The van der Waals surface area contributed by atoms with Gasteiger partial charge in [0.2, 0.25) is 0 Å². The smallest absolute Gasteiger partial charge is 0.392 e. The number of alkyl halides is 3. The number of hydrogen-bond acceptors (Lipinski definition) is 4. The summed E-state index contributed by atoms with van der Waals surface area (Å²) in [6.07, 6.45) is -0.421. The van der Waals surface area contributed by atoms with Gasteiger partial charge in [0.05, 0.1) is 6.10 Å². The lowest BCUT2D eigenvalue weighted by molar-refractivity contribution is -0.141. The molecule has 2 rings (SSSR count). The fourth-order valence-electron chi connectivity index (χ4n) is 1.91. The lowest BCUT2D eigenvalue weighted by Crippen LogP contribution is -2.27. The van der Waals surface area contributed by atoms with Crippen LogP contribution in [-0.4, -0.2) is 26.4 Å². The highest BCUT2D eigenvalue weighted by Crippen LogP contribution is 2.34. The zero-order valence-electron chi connectivity index (χ0n) is 9.52. The number of aliphatic hydroxyl groups excluding tert-OH is 1. The molecule has 1 fully saturated rings. The maximum absolute atomic E-state index is 12.5. The van der Waals surface area contributed by atoms with Crippen LogP contribution in [0.5, 0.6) is 0 Å². The third-order valence-corrected chi connectivity index (χ3v) is 4.11. The van der Waals surface area contributed by atoms with E-state index in [-0.39, 0.29) is 10.4 Å². The van der Waals surface area contributed by atoms with E-state index in [1.54, 1.807) is 0 Å². The number of thioether (sulfide) groups is 1. The van der Waals surface area contributed by atoms with Gasteiger partial charge < -0.3 is 5.11 Å². The first-order valence-electron chi connectivity index (χ1n) is 5.72. The molecule has 0 aliphatic heterocycles. The van der Waals surface area contributed by atoms with Crippen LogP contribution in [0.25, 0.3) is 0 Å². The van der Waals surface area contributed by atoms with Crippen molar-refractivity contribution in [2.45, 2.75) is 48.4 Å². The van der Waals surface area contributed by atoms with Crippen LogP contribution < -0.4 is 0 Å². The molecule has 1 N–H and O–H groups in total. The van der Waals surface area contributed by atoms with Gasteiger partial charge in [-0.2, -0.15) is 13.2 Å². The minimum absolute atomic E-state index is 0.0794. The second kappa shape index (κ2) is 5.44. The Morgan fingerprint density at radius 2 is 2.00 bits per heavy atom. The molecule has 0 saturated heterocycles. The van der Waals surface area contributed by atoms with E-state index in [1.165, 1.54) is 0 Å². The average molecular weight is 278 g/mol. The van der Waals surface area contributed by atoms with E-state index in [0.29, 0.717) is 6.42 Å². The summed E-state index contributed by atoms with van der Waals surface area (Å²) < 4.78 is 37.4. The lowest BCUT2D eigenvalue weighted by atomic mass is 9.97. The minimum atomic E-state index is -4.45. The second-order valence-corrected chi connectivity index (χ2v) is 5.44. The lowest BCUT2D eigenvalue weighted by Gasteiger charge is -2.26. The highest BCUT2D eigenvalue weighted by molar-refractivity contribution is 7.99. The maximum Gasteiger partial charge on any atom is 0.433 e. The molecule has 2 unspecified atom stereocenters. The Bertz CT molecular complexity index is 414. The standard InChI is InChI=1S/C11H13F3N2OS/c12-11(13,14)9-5-6-15-10(16-9)18-8-4-2-1-3-7(8)17/h5-8,17H,1-4H2. The summed E-state index contributed by atoms with van der Waals surface area (Å²) >= 11 is 1.13. The van der Waals surface area contributed by atoms with Gasteiger partial charge in [-0.05, 0) is 18.9 Å². The number of halogens is 3. The maximum atomic E-state index is 12.5. The third kappa shape index (κ3) is 3.35. The Morgan fingerprint density at radius 1 is 1.28 bits per heavy atom. The number of aromatic nitrogens is 2. The Balaban J connectivity index is 2.09. The van der Waals surface area contributed by atoms with Gasteiger partial charge in [0.1, 0.15) is 5.69 Å². The van der Waals surface area contributed by atoms with Gasteiger partial charge >= 0.3 is 6.18 Å². The van der Waals surface area contributed by atoms with Crippen molar-refractivity contribution >= 4 is 11.8 Å². The normalized spacial score (nSPS) is 25.1. The van der Waals surface area contributed by atoms with Gasteiger partial charge in [-0.25, -0.2) is 9.97 Å². The summed E-state index contributed by atoms with van der Waals surface area (Å²) in [5.74, 6) is 0. The van der Waals surface area contributed by atoms with Gasteiger partial charge in [0.15, 0.2) is 5.16 Å². The van der Waals surface area contributed by atoms with Gasteiger partial charge in [0, 0.05) is 11.4 Å². The molecule has 0 amide bonds. The zero-order chi connectivity index (χ0) is 13.2. The van der Waals surface area contributed by atoms with Crippen LogP contribution in [0.2, 0.25) is 0 Å². The molecule has 0 spiro atoms. The summed E-state index contributed by atoms with van der Waals surface area (Å²) in [4.78, 5) is 7.31. The molecule has 1 aromatic heterocycles. The Morgan fingerprint density at radius 3 is 2.67 bits per heavy atom. The van der Waals surface area contributed by atoms with Crippen molar-refractivity contribution < 1.29 is 18.3 Å². The van der Waals surface area contributed by atoms with Crippen molar-refractivity contribution in [3.63, 3.8) is 0 Å². The Labute approximate surface area is 107 Å². The summed E-state index contributed by atoms with van der Waals surface area (Å²) in [5, 5.41) is 9.73. The molecule has 0 bridgehead atoms. The first kappa shape index (κ1) is 13.6. The fraction of sp³-hybridized carbons (Fsp3) is 0.636. The highest BCUT2D eigenvalue weighted by atomic mass is 32.2. The monoisotopic (exact) mass is 278 g/mol. The zero-order valence-corrected chi connectivity index (χ0v) is 10.3. The first-order valence-corrected chi connectivity index (χ1v) is 6.60. The van der Waals surface area contributed by atoms with Gasteiger partial charge in [-0.1, -0.05) is 24.6 Å². The largest absolute Gasteiger partial charge is 0.433 e. The van der Waals surface area contributed by atoms with Crippen LogP contribution in [0.1, 0.15) is 31.4 Å². The molecule has 1 aromatic rings. The van der Waals surface area contributed by atoms with Crippen molar-refractivity contribution in [1.82, 2.24) is 9.97 Å². The molecular weight excluding hydrogens is 265 g/mol. The number of nitrogens with zero attached hydrogens (tertiary/aromatic N) is 2. The van der Waals surface area contributed by atoms with Gasteiger partial charge in [0.25, 0.3) is 0 Å². The quantitative estimate of drug-likeness (QED) is 0.845. The van der Waals surface area contributed by atoms with Gasteiger partial charge in [-0.3, -0.25) is 0 Å². The van der Waals surface area contributed by atoms with Crippen LogP contribution >= 0.6 is 11.8 Å². The highest BCUT2D eigenvalue weighted by Gasteiger charge is 2.33. The SMILES string of the molecule is OC1CCCCC1Sc1nccc(C(F)(F)F)n1. The van der Waals surface area contributed by atoms with E-state index in [9.17, 15) is 18.3 Å². The molecule has 0 radical (unpaired) electrons. The second-order valence-electron chi connectivity index (χ2n) is 4.23. The van der Waals surface area contributed by atoms with Crippen LogP contribution in [-0.2, 0) is 6.18 Å². The van der Waals surface area contributed by atoms with Crippen molar-refractivity contribution in [1.29, 1.82) is 0 Å². The van der Waals surface area contributed by atoms with E-state index in [4.69, 9.17) is 0 Å². The molecule has 0 aromatic carbocycles. The third-order valence-electron chi connectivity index (χ3n) is 2.85. The fourth-order valence-corrected chi connectivity index (χ4v) is 3.03. The summed E-state index contributed by atoms with van der Waals surface area (Å²) in [5.41, 5.74) is -0.940. The van der Waals surface area contributed by atoms with E-state index >= 15 is 0 Å². The molecule has 1 saturated carbocycles. The average Bonchev–Trinajstić information content (AvgIpc) is 2.31. The predicted molar refractivity (Wildman–Crippen MR) is 61.2 cm³/mol. The van der Waals surface area contributed by atoms with Crippen LogP contribution in [0.4, 0.5) is 13.2 Å². The topological polar surface area (TPSA) is 46.0 Å². The number of hydrogen-bond donors (Lipinski definition) is 1. The van der Waals surface area contributed by atoms with E-state index < -0.39 is 18.0 Å². The van der Waals surface area contributed by atoms with Crippen molar-refractivity contribution in [3.05, 3.63) is 18.0 Å². The first-order chi connectivity index (χ1) is 8.47.